The average Bonchev–Trinajstić information content (AvgIpc) is 2.34. The third-order valence-electron chi connectivity index (χ3n) is 2.23. The lowest BCUT2D eigenvalue weighted by Crippen LogP contribution is -2.45. The lowest BCUT2D eigenvalue weighted by atomic mass is 10.3. The van der Waals surface area contributed by atoms with E-state index >= 15 is 0 Å². The van der Waals surface area contributed by atoms with Gasteiger partial charge in [-0.2, -0.15) is 0 Å². The first-order chi connectivity index (χ1) is 8.93. The molecular weight excluding hydrogens is 270 g/mol. The topological polar surface area (TPSA) is 93.5 Å². The molecule has 0 aliphatic rings. The number of imide groups is 1. The van der Waals surface area contributed by atoms with Gasteiger partial charge in [0.2, 0.25) is 0 Å². The van der Waals surface area contributed by atoms with Crippen molar-refractivity contribution in [2.75, 3.05) is 12.3 Å². The van der Waals surface area contributed by atoms with Crippen molar-refractivity contribution >= 4 is 29.2 Å². The van der Waals surface area contributed by atoms with Crippen molar-refractivity contribution in [1.82, 2.24) is 10.6 Å². The van der Waals surface area contributed by atoms with Gasteiger partial charge in [0.1, 0.15) is 5.75 Å². The first kappa shape index (κ1) is 15.1. The first-order valence-electron chi connectivity index (χ1n) is 5.74. The smallest absolute Gasteiger partial charge is 0.321 e. The summed E-state index contributed by atoms with van der Waals surface area (Å²) in [7, 11) is 0. The molecule has 4 N–H and O–H groups in total. The van der Waals surface area contributed by atoms with E-state index in [0.717, 1.165) is 0 Å². The number of carbonyl (C=O) groups is 2. The van der Waals surface area contributed by atoms with Crippen LogP contribution in [0, 0.1) is 0 Å². The summed E-state index contributed by atoms with van der Waals surface area (Å²) in [4.78, 5) is 22.8. The molecule has 1 rings (SSSR count). The Morgan fingerprint density at radius 1 is 1.47 bits per heavy atom. The number of benzene rings is 1. The Hall–Kier alpha value is -1.95. The number of halogens is 1. The second kappa shape index (κ2) is 6.84. The van der Waals surface area contributed by atoms with Crippen LogP contribution in [0.25, 0.3) is 0 Å². The lowest BCUT2D eigenvalue weighted by molar-refractivity contribution is -0.126. The molecule has 0 heterocycles. The molecule has 0 saturated heterocycles. The molecule has 104 valence electrons. The van der Waals surface area contributed by atoms with Gasteiger partial charge in [-0.3, -0.25) is 10.1 Å². The minimum Gasteiger partial charge on any atom is -0.481 e. The van der Waals surface area contributed by atoms with E-state index in [2.05, 4.69) is 10.6 Å². The number of nitrogens with one attached hydrogen (secondary N) is 2. The van der Waals surface area contributed by atoms with Crippen LogP contribution < -0.4 is 21.1 Å². The molecule has 1 atom stereocenters. The van der Waals surface area contributed by atoms with E-state index in [1.54, 1.807) is 19.1 Å². The van der Waals surface area contributed by atoms with E-state index in [0.29, 0.717) is 23.0 Å². The third-order valence-corrected chi connectivity index (χ3v) is 2.56. The van der Waals surface area contributed by atoms with Crippen LogP contribution in [0.15, 0.2) is 18.2 Å². The number of hydrogen-bond acceptors (Lipinski definition) is 4. The Bertz CT molecular complexity index is 479. The number of anilines is 1. The number of urea groups is 1. The van der Waals surface area contributed by atoms with E-state index in [-0.39, 0.29) is 0 Å². The van der Waals surface area contributed by atoms with E-state index in [1.807, 2.05) is 0 Å². The highest BCUT2D eigenvalue weighted by atomic mass is 35.5. The molecule has 0 radical (unpaired) electrons. The minimum absolute atomic E-state index is 0.342. The Morgan fingerprint density at radius 3 is 2.74 bits per heavy atom. The van der Waals surface area contributed by atoms with Gasteiger partial charge in [0.25, 0.3) is 5.91 Å². The van der Waals surface area contributed by atoms with Crippen LogP contribution in [0.1, 0.15) is 13.8 Å². The number of amides is 3. The Labute approximate surface area is 116 Å². The van der Waals surface area contributed by atoms with Gasteiger partial charge in [0.15, 0.2) is 6.10 Å². The van der Waals surface area contributed by atoms with Crippen molar-refractivity contribution in [2.24, 2.45) is 0 Å². The molecule has 0 spiro atoms. The summed E-state index contributed by atoms with van der Waals surface area (Å²) in [5, 5.41) is 4.94. The van der Waals surface area contributed by atoms with Crippen molar-refractivity contribution in [3.05, 3.63) is 23.2 Å². The van der Waals surface area contributed by atoms with Gasteiger partial charge >= 0.3 is 6.03 Å². The fraction of sp³-hybridized carbons (Fsp3) is 0.333. The molecule has 0 aliphatic carbocycles. The fourth-order valence-corrected chi connectivity index (χ4v) is 1.43. The van der Waals surface area contributed by atoms with Gasteiger partial charge in [0, 0.05) is 12.6 Å². The molecule has 1 aromatic rings. The zero-order valence-electron chi connectivity index (χ0n) is 10.7. The van der Waals surface area contributed by atoms with Gasteiger partial charge in [-0.1, -0.05) is 11.6 Å². The predicted molar refractivity (Wildman–Crippen MR) is 73.2 cm³/mol. The minimum atomic E-state index is -0.831. The number of hydrogen-bond donors (Lipinski definition) is 3. The molecule has 0 aliphatic heterocycles. The van der Waals surface area contributed by atoms with Crippen LogP contribution in [0.4, 0.5) is 10.5 Å². The monoisotopic (exact) mass is 285 g/mol. The van der Waals surface area contributed by atoms with E-state index in [1.165, 1.54) is 13.0 Å². The number of carbonyl (C=O) groups excluding carboxylic acids is 2. The molecule has 7 heteroatoms. The van der Waals surface area contributed by atoms with Gasteiger partial charge < -0.3 is 15.8 Å². The molecular formula is C12H16ClN3O3. The Morgan fingerprint density at radius 2 is 2.16 bits per heavy atom. The standard InChI is InChI=1S/C12H16ClN3O3/c1-3-15-12(18)16-11(17)7(2)19-8-4-5-10(14)9(13)6-8/h4-7H,3,14H2,1-2H3,(H2,15,16,17,18). The zero-order valence-corrected chi connectivity index (χ0v) is 11.5. The molecule has 19 heavy (non-hydrogen) atoms. The Balaban J connectivity index is 2.58. The molecule has 6 nitrogen and oxygen atoms in total. The molecule has 0 bridgehead atoms. The largest absolute Gasteiger partial charge is 0.481 e. The van der Waals surface area contributed by atoms with Crippen LogP contribution in [0.2, 0.25) is 5.02 Å². The molecule has 0 saturated carbocycles. The van der Waals surface area contributed by atoms with E-state index in [9.17, 15) is 9.59 Å². The number of rotatable bonds is 4. The summed E-state index contributed by atoms with van der Waals surface area (Å²) in [6.45, 7) is 3.71. The maximum atomic E-state index is 11.6. The van der Waals surface area contributed by atoms with Crippen molar-refractivity contribution in [1.29, 1.82) is 0 Å². The van der Waals surface area contributed by atoms with E-state index in [4.69, 9.17) is 22.1 Å². The van der Waals surface area contributed by atoms with Crippen LogP contribution in [0.3, 0.4) is 0 Å². The van der Waals surface area contributed by atoms with Gasteiger partial charge in [0.05, 0.1) is 10.7 Å². The summed E-state index contributed by atoms with van der Waals surface area (Å²) >= 11 is 5.83. The normalized spacial score (nSPS) is 11.5. The fourth-order valence-electron chi connectivity index (χ4n) is 1.26. The summed E-state index contributed by atoms with van der Waals surface area (Å²) in [5.74, 6) is -0.142. The third kappa shape index (κ3) is 4.67. The molecule has 1 aromatic carbocycles. The first-order valence-corrected chi connectivity index (χ1v) is 6.12. The summed E-state index contributed by atoms with van der Waals surface area (Å²) in [5.41, 5.74) is 5.98. The lowest BCUT2D eigenvalue weighted by Gasteiger charge is -2.14. The van der Waals surface area contributed by atoms with Crippen molar-refractivity contribution in [3.8, 4) is 5.75 Å². The SMILES string of the molecule is CCNC(=O)NC(=O)C(C)Oc1ccc(N)c(Cl)c1. The summed E-state index contributed by atoms with van der Waals surface area (Å²) in [6, 6.07) is 4.12. The second-order valence-electron chi connectivity index (χ2n) is 3.79. The maximum absolute atomic E-state index is 11.6. The van der Waals surface area contributed by atoms with Crippen LogP contribution in [0.5, 0.6) is 5.75 Å². The Kier molecular flexibility index (Phi) is 5.44. The van der Waals surface area contributed by atoms with Crippen LogP contribution >= 0.6 is 11.6 Å². The molecule has 0 fully saturated rings. The quantitative estimate of drug-likeness (QED) is 0.732. The van der Waals surface area contributed by atoms with Gasteiger partial charge in [-0.25, -0.2) is 4.79 Å². The molecule has 3 amide bonds. The van der Waals surface area contributed by atoms with Crippen molar-refractivity contribution in [3.63, 3.8) is 0 Å². The molecule has 0 aromatic heterocycles. The number of nitrogen functional groups attached to an aromatic ring is 1. The summed E-state index contributed by atoms with van der Waals surface area (Å²) < 4.78 is 5.36. The van der Waals surface area contributed by atoms with Crippen LogP contribution in [-0.2, 0) is 4.79 Å². The highest BCUT2D eigenvalue weighted by molar-refractivity contribution is 6.33. The average molecular weight is 286 g/mol. The summed E-state index contributed by atoms with van der Waals surface area (Å²) in [6.07, 6.45) is -0.831. The second-order valence-corrected chi connectivity index (χ2v) is 4.20. The van der Waals surface area contributed by atoms with Gasteiger partial charge in [-0.05, 0) is 26.0 Å². The van der Waals surface area contributed by atoms with Gasteiger partial charge in [-0.15, -0.1) is 0 Å². The zero-order chi connectivity index (χ0) is 14.4. The number of nitrogens with two attached hydrogens (primary N) is 1. The highest BCUT2D eigenvalue weighted by Gasteiger charge is 2.17. The maximum Gasteiger partial charge on any atom is 0.321 e. The molecule has 1 unspecified atom stereocenters. The predicted octanol–water partition coefficient (Wildman–Crippen LogP) is 1.54. The number of ether oxygens (including phenoxy) is 1. The van der Waals surface area contributed by atoms with Crippen molar-refractivity contribution < 1.29 is 14.3 Å². The van der Waals surface area contributed by atoms with Crippen LogP contribution in [-0.4, -0.2) is 24.6 Å². The van der Waals surface area contributed by atoms with E-state index < -0.39 is 18.0 Å². The van der Waals surface area contributed by atoms with Crippen molar-refractivity contribution in [2.45, 2.75) is 20.0 Å². The highest BCUT2D eigenvalue weighted by Crippen LogP contribution is 2.24.